The number of hydrogen-bond donors (Lipinski definition) is 3. The summed E-state index contributed by atoms with van der Waals surface area (Å²) in [7, 11) is 0. The van der Waals surface area contributed by atoms with Gasteiger partial charge in [0.15, 0.2) is 0 Å². The van der Waals surface area contributed by atoms with Crippen molar-refractivity contribution in [3.63, 3.8) is 0 Å². The smallest absolute Gasteiger partial charge is 0.222 e. The summed E-state index contributed by atoms with van der Waals surface area (Å²) >= 11 is 0. The zero-order chi connectivity index (χ0) is 17.9. The lowest BCUT2D eigenvalue weighted by molar-refractivity contribution is -0.125. The molecule has 0 bridgehead atoms. The Labute approximate surface area is 146 Å². The highest BCUT2D eigenvalue weighted by Gasteiger charge is 2.23. The third kappa shape index (κ3) is 7.93. The fourth-order valence-electron chi connectivity index (χ4n) is 2.93. The molecule has 0 spiro atoms. The lowest BCUT2D eigenvalue weighted by Gasteiger charge is -2.24. The highest BCUT2D eigenvalue weighted by atomic mass is 16.3. The standard InChI is InChI=1S/C20H34N2O2/c1-4-5-11-22-20(24)16(3)14-19(23)18(21)13-15(2)12-17-9-7-6-8-10-17/h6-10,15-16,18-19,23H,4-5,11-14,21H2,1-3H3,(H,22,24)/t15-,16-,18+,19+/m1/s1. The van der Waals surface area contributed by atoms with Gasteiger partial charge in [-0.15, -0.1) is 0 Å². The average Bonchev–Trinajstić information content (AvgIpc) is 2.55. The molecule has 0 saturated carbocycles. The molecular formula is C20H34N2O2. The number of unbranched alkanes of at least 4 members (excludes halogenated alkanes) is 1. The van der Waals surface area contributed by atoms with Gasteiger partial charge >= 0.3 is 0 Å². The maximum Gasteiger partial charge on any atom is 0.222 e. The fraction of sp³-hybridized carbons (Fsp3) is 0.650. The van der Waals surface area contributed by atoms with E-state index in [0.29, 0.717) is 18.9 Å². The van der Waals surface area contributed by atoms with Gasteiger partial charge in [-0.2, -0.15) is 0 Å². The van der Waals surface area contributed by atoms with Gasteiger partial charge in [0, 0.05) is 18.5 Å². The second kappa shape index (κ2) is 11.2. The van der Waals surface area contributed by atoms with Crippen LogP contribution in [0.1, 0.15) is 52.0 Å². The maximum absolute atomic E-state index is 12.0. The summed E-state index contributed by atoms with van der Waals surface area (Å²) in [6.45, 7) is 6.80. The van der Waals surface area contributed by atoms with Gasteiger partial charge in [-0.05, 0) is 37.2 Å². The van der Waals surface area contributed by atoms with Gasteiger partial charge in [0.25, 0.3) is 0 Å². The van der Waals surface area contributed by atoms with Crippen LogP contribution in [0.2, 0.25) is 0 Å². The van der Waals surface area contributed by atoms with Crippen molar-refractivity contribution < 1.29 is 9.90 Å². The molecule has 1 amide bonds. The van der Waals surface area contributed by atoms with Crippen LogP contribution < -0.4 is 11.1 Å². The number of benzene rings is 1. The average molecular weight is 335 g/mol. The zero-order valence-corrected chi connectivity index (χ0v) is 15.4. The van der Waals surface area contributed by atoms with E-state index in [9.17, 15) is 9.90 Å². The van der Waals surface area contributed by atoms with Gasteiger partial charge in [0.2, 0.25) is 5.91 Å². The van der Waals surface area contributed by atoms with Gasteiger partial charge in [0.1, 0.15) is 0 Å². The number of aliphatic hydroxyl groups excluding tert-OH is 1. The van der Waals surface area contributed by atoms with Crippen LogP contribution in [-0.2, 0) is 11.2 Å². The Kier molecular flexibility index (Phi) is 9.65. The molecule has 0 aliphatic carbocycles. The van der Waals surface area contributed by atoms with Crippen molar-refractivity contribution >= 4 is 5.91 Å². The van der Waals surface area contributed by atoms with Crippen molar-refractivity contribution in [3.8, 4) is 0 Å². The number of aliphatic hydroxyl groups is 1. The van der Waals surface area contributed by atoms with Crippen LogP contribution in [0.25, 0.3) is 0 Å². The van der Waals surface area contributed by atoms with E-state index in [0.717, 1.165) is 25.7 Å². The monoisotopic (exact) mass is 334 g/mol. The lowest BCUT2D eigenvalue weighted by Crippen LogP contribution is -2.40. The number of amides is 1. The molecule has 0 aromatic heterocycles. The molecule has 4 heteroatoms. The van der Waals surface area contributed by atoms with E-state index in [4.69, 9.17) is 5.73 Å². The Hall–Kier alpha value is -1.39. The Morgan fingerprint density at radius 2 is 1.88 bits per heavy atom. The molecule has 0 saturated heterocycles. The third-order valence-electron chi connectivity index (χ3n) is 4.47. The van der Waals surface area contributed by atoms with Crippen LogP contribution >= 0.6 is 0 Å². The van der Waals surface area contributed by atoms with Gasteiger partial charge in [0.05, 0.1) is 6.10 Å². The highest BCUT2D eigenvalue weighted by molar-refractivity contribution is 5.78. The number of carbonyl (C=O) groups excluding carboxylic acids is 1. The minimum Gasteiger partial charge on any atom is -0.391 e. The molecule has 0 unspecified atom stereocenters. The molecule has 4 N–H and O–H groups in total. The first-order valence-electron chi connectivity index (χ1n) is 9.19. The summed E-state index contributed by atoms with van der Waals surface area (Å²) in [6, 6.07) is 10.0. The number of carbonyl (C=O) groups is 1. The predicted octanol–water partition coefficient (Wildman–Crippen LogP) is 2.89. The summed E-state index contributed by atoms with van der Waals surface area (Å²) in [5.74, 6) is 0.185. The summed E-state index contributed by atoms with van der Waals surface area (Å²) in [5.41, 5.74) is 7.45. The van der Waals surface area contributed by atoms with E-state index in [2.05, 4.69) is 31.3 Å². The quantitative estimate of drug-likeness (QED) is 0.545. The fourth-order valence-corrected chi connectivity index (χ4v) is 2.93. The first-order valence-corrected chi connectivity index (χ1v) is 9.19. The third-order valence-corrected chi connectivity index (χ3v) is 4.47. The minimum atomic E-state index is -0.643. The molecule has 1 aromatic carbocycles. The van der Waals surface area contributed by atoms with Crippen LogP contribution in [0.15, 0.2) is 30.3 Å². The van der Waals surface area contributed by atoms with Crippen molar-refractivity contribution in [2.75, 3.05) is 6.54 Å². The SMILES string of the molecule is CCCCNC(=O)[C@H](C)C[C@H](O)[C@@H](N)C[C@H](C)Cc1ccccc1. The molecule has 0 aliphatic heterocycles. The van der Waals surface area contributed by atoms with Gasteiger partial charge in [-0.1, -0.05) is 57.5 Å². The lowest BCUT2D eigenvalue weighted by atomic mass is 9.89. The van der Waals surface area contributed by atoms with Crippen molar-refractivity contribution in [2.24, 2.45) is 17.6 Å². The van der Waals surface area contributed by atoms with E-state index in [1.165, 1.54) is 5.56 Å². The van der Waals surface area contributed by atoms with Crippen molar-refractivity contribution in [1.29, 1.82) is 0 Å². The van der Waals surface area contributed by atoms with Crippen LogP contribution in [0.4, 0.5) is 0 Å². The molecule has 0 aliphatic rings. The number of nitrogens with two attached hydrogens (primary N) is 1. The summed E-state index contributed by atoms with van der Waals surface area (Å²) in [5, 5.41) is 13.2. The van der Waals surface area contributed by atoms with Gasteiger partial charge in [-0.3, -0.25) is 4.79 Å². The molecule has 0 heterocycles. The second-order valence-electron chi connectivity index (χ2n) is 7.04. The molecule has 1 aromatic rings. The van der Waals surface area contributed by atoms with Crippen LogP contribution in [-0.4, -0.2) is 29.7 Å². The number of nitrogens with one attached hydrogen (secondary N) is 1. The van der Waals surface area contributed by atoms with E-state index in [1.54, 1.807) is 0 Å². The van der Waals surface area contributed by atoms with Crippen molar-refractivity contribution in [3.05, 3.63) is 35.9 Å². The normalized spacial score (nSPS) is 16.2. The molecule has 0 radical (unpaired) electrons. The van der Waals surface area contributed by atoms with E-state index >= 15 is 0 Å². The summed E-state index contributed by atoms with van der Waals surface area (Å²) in [6.07, 6.45) is 3.51. The van der Waals surface area contributed by atoms with Crippen LogP contribution in [0.5, 0.6) is 0 Å². The Balaban J connectivity index is 2.35. The Morgan fingerprint density at radius 3 is 2.50 bits per heavy atom. The topological polar surface area (TPSA) is 75.3 Å². The summed E-state index contributed by atoms with van der Waals surface area (Å²) < 4.78 is 0. The van der Waals surface area contributed by atoms with Gasteiger partial charge in [-0.25, -0.2) is 0 Å². The molecule has 24 heavy (non-hydrogen) atoms. The molecule has 4 nitrogen and oxygen atoms in total. The minimum absolute atomic E-state index is 0.00651. The molecule has 4 atom stereocenters. The van der Waals surface area contributed by atoms with Crippen molar-refractivity contribution in [1.82, 2.24) is 5.32 Å². The predicted molar refractivity (Wildman–Crippen MR) is 99.6 cm³/mol. The molecule has 136 valence electrons. The Bertz CT molecular complexity index is 464. The largest absolute Gasteiger partial charge is 0.391 e. The number of rotatable bonds is 11. The Morgan fingerprint density at radius 1 is 1.21 bits per heavy atom. The van der Waals surface area contributed by atoms with Crippen LogP contribution in [0, 0.1) is 11.8 Å². The second-order valence-corrected chi connectivity index (χ2v) is 7.04. The summed E-state index contributed by atoms with van der Waals surface area (Å²) in [4.78, 5) is 12.0. The van der Waals surface area contributed by atoms with E-state index in [1.807, 2.05) is 25.1 Å². The van der Waals surface area contributed by atoms with Crippen molar-refractivity contribution in [2.45, 2.75) is 65.0 Å². The van der Waals surface area contributed by atoms with Crippen LogP contribution in [0.3, 0.4) is 0 Å². The van der Waals surface area contributed by atoms with E-state index in [-0.39, 0.29) is 17.9 Å². The zero-order valence-electron chi connectivity index (χ0n) is 15.4. The first kappa shape index (κ1) is 20.7. The van der Waals surface area contributed by atoms with E-state index < -0.39 is 6.10 Å². The number of hydrogen-bond acceptors (Lipinski definition) is 3. The first-order chi connectivity index (χ1) is 11.4. The molecule has 1 rings (SSSR count). The maximum atomic E-state index is 12.0. The highest BCUT2D eigenvalue weighted by Crippen LogP contribution is 2.17. The van der Waals surface area contributed by atoms with Gasteiger partial charge < -0.3 is 16.2 Å². The molecular weight excluding hydrogens is 300 g/mol. The molecule has 0 fully saturated rings.